The standard InChI is InChI=1S/C14H20BrNO2/c1-17-9-11-8-14(18-2)13(15)7-10(11)6-12-4-3-5-16-12/h7-8,12,16H,3-6,9H2,1-2H3. The molecule has 0 amide bonds. The molecule has 18 heavy (non-hydrogen) atoms. The lowest BCUT2D eigenvalue weighted by Gasteiger charge is -2.16. The first kappa shape index (κ1) is 13.8. The molecule has 4 heteroatoms. The largest absolute Gasteiger partial charge is 0.496 e. The minimum absolute atomic E-state index is 0.598. The van der Waals surface area contributed by atoms with Gasteiger partial charge in [-0.25, -0.2) is 0 Å². The van der Waals surface area contributed by atoms with Crippen LogP contribution in [0, 0.1) is 0 Å². The molecule has 0 radical (unpaired) electrons. The van der Waals surface area contributed by atoms with Gasteiger partial charge in [0.15, 0.2) is 0 Å². The lowest BCUT2D eigenvalue weighted by Crippen LogP contribution is -2.24. The van der Waals surface area contributed by atoms with E-state index in [9.17, 15) is 0 Å². The summed E-state index contributed by atoms with van der Waals surface area (Å²) >= 11 is 3.56. The lowest BCUT2D eigenvalue weighted by atomic mass is 9.99. The van der Waals surface area contributed by atoms with Crippen LogP contribution in [-0.2, 0) is 17.8 Å². The smallest absolute Gasteiger partial charge is 0.133 e. The van der Waals surface area contributed by atoms with E-state index in [0.717, 1.165) is 23.2 Å². The number of halogens is 1. The fourth-order valence-electron chi connectivity index (χ4n) is 2.47. The molecule has 1 aromatic carbocycles. The summed E-state index contributed by atoms with van der Waals surface area (Å²) in [5, 5.41) is 3.54. The second kappa shape index (κ2) is 6.55. The molecule has 0 aromatic heterocycles. The van der Waals surface area contributed by atoms with E-state index in [4.69, 9.17) is 9.47 Å². The molecule has 1 aromatic rings. The Morgan fingerprint density at radius 2 is 2.17 bits per heavy atom. The molecule has 0 aliphatic carbocycles. The molecule has 1 unspecified atom stereocenters. The molecule has 1 N–H and O–H groups in total. The van der Waals surface area contributed by atoms with Crippen molar-refractivity contribution in [2.45, 2.75) is 31.9 Å². The van der Waals surface area contributed by atoms with Crippen molar-refractivity contribution in [2.75, 3.05) is 20.8 Å². The third kappa shape index (κ3) is 3.25. The van der Waals surface area contributed by atoms with E-state index in [1.165, 1.54) is 24.0 Å². The highest BCUT2D eigenvalue weighted by Crippen LogP contribution is 2.30. The van der Waals surface area contributed by atoms with Gasteiger partial charge in [-0.3, -0.25) is 0 Å². The van der Waals surface area contributed by atoms with Crippen molar-refractivity contribution in [1.29, 1.82) is 0 Å². The van der Waals surface area contributed by atoms with Crippen molar-refractivity contribution in [3.63, 3.8) is 0 Å². The van der Waals surface area contributed by atoms with Crippen molar-refractivity contribution in [1.82, 2.24) is 5.32 Å². The molecule has 3 nitrogen and oxygen atoms in total. The average Bonchev–Trinajstić information content (AvgIpc) is 2.85. The second-order valence-corrected chi connectivity index (χ2v) is 5.54. The third-order valence-electron chi connectivity index (χ3n) is 3.40. The van der Waals surface area contributed by atoms with Gasteiger partial charge >= 0.3 is 0 Å². The van der Waals surface area contributed by atoms with Crippen molar-refractivity contribution in [3.8, 4) is 5.75 Å². The van der Waals surface area contributed by atoms with Gasteiger partial charge in [0.05, 0.1) is 18.2 Å². The number of hydrogen-bond acceptors (Lipinski definition) is 3. The van der Waals surface area contributed by atoms with Crippen LogP contribution in [0.3, 0.4) is 0 Å². The van der Waals surface area contributed by atoms with Crippen LogP contribution in [0.4, 0.5) is 0 Å². The molecule has 1 atom stereocenters. The zero-order valence-corrected chi connectivity index (χ0v) is 12.5. The van der Waals surface area contributed by atoms with E-state index in [2.05, 4.69) is 33.4 Å². The predicted octanol–water partition coefficient (Wildman–Crippen LogP) is 2.90. The Labute approximate surface area is 117 Å². The van der Waals surface area contributed by atoms with Crippen LogP contribution in [0.5, 0.6) is 5.75 Å². The average molecular weight is 314 g/mol. The molecule has 1 saturated heterocycles. The molecular formula is C14H20BrNO2. The normalized spacial score (nSPS) is 19.2. The van der Waals surface area contributed by atoms with Gasteiger partial charge in [-0.15, -0.1) is 0 Å². The molecule has 1 aliphatic heterocycles. The summed E-state index contributed by atoms with van der Waals surface area (Å²) < 4.78 is 11.6. The first-order valence-corrected chi connectivity index (χ1v) is 7.11. The van der Waals surface area contributed by atoms with Gasteiger partial charge in [0, 0.05) is 13.2 Å². The SMILES string of the molecule is COCc1cc(OC)c(Br)cc1CC1CCCN1. The molecule has 0 spiro atoms. The minimum atomic E-state index is 0.598. The number of nitrogens with one attached hydrogen (secondary N) is 1. The van der Waals surface area contributed by atoms with Gasteiger partial charge in [0.2, 0.25) is 0 Å². The molecule has 1 fully saturated rings. The first-order chi connectivity index (χ1) is 8.74. The lowest BCUT2D eigenvalue weighted by molar-refractivity contribution is 0.183. The summed E-state index contributed by atoms with van der Waals surface area (Å²) in [5.41, 5.74) is 2.55. The van der Waals surface area contributed by atoms with Crippen molar-refractivity contribution in [3.05, 3.63) is 27.7 Å². The summed E-state index contributed by atoms with van der Waals surface area (Å²) in [5.74, 6) is 0.866. The van der Waals surface area contributed by atoms with Gasteiger partial charge in [0.1, 0.15) is 5.75 Å². The number of hydrogen-bond donors (Lipinski definition) is 1. The van der Waals surface area contributed by atoms with Crippen LogP contribution < -0.4 is 10.1 Å². The summed E-state index contributed by atoms with van der Waals surface area (Å²) in [6.07, 6.45) is 3.60. The van der Waals surface area contributed by atoms with E-state index in [0.29, 0.717) is 12.6 Å². The molecule has 1 aliphatic rings. The Morgan fingerprint density at radius 1 is 1.33 bits per heavy atom. The molecule has 100 valence electrons. The van der Waals surface area contributed by atoms with Crippen LogP contribution in [0.15, 0.2) is 16.6 Å². The summed E-state index contributed by atoms with van der Waals surface area (Å²) in [4.78, 5) is 0. The summed E-state index contributed by atoms with van der Waals surface area (Å²) in [7, 11) is 3.42. The third-order valence-corrected chi connectivity index (χ3v) is 4.02. The monoisotopic (exact) mass is 313 g/mol. The van der Waals surface area contributed by atoms with Crippen LogP contribution in [0.1, 0.15) is 24.0 Å². The highest BCUT2D eigenvalue weighted by Gasteiger charge is 2.17. The molecule has 2 rings (SSSR count). The predicted molar refractivity (Wildman–Crippen MR) is 76.1 cm³/mol. The maximum absolute atomic E-state index is 5.34. The topological polar surface area (TPSA) is 30.5 Å². The van der Waals surface area contributed by atoms with E-state index in [-0.39, 0.29) is 0 Å². The molecule has 1 heterocycles. The van der Waals surface area contributed by atoms with Gasteiger partial charge in [-0.2, -0.15) is 0 Å². The highest BCUT2D eigenvalue weighted by molar-refractivity contribution is 9.10. The van der Waals surface area contributed by atoms with Crippen molar-refractivity contribution >= 4 is 15.9 Å². The van der Waals surface area contributed by atoms with Crippen LogP contribution >= 0.6 is 15.9 Å². The van der Waals surface area contributed by atoms with E-state index in [1.54, 1.807) is 14.2 Å². The maximum Gasteiger partial charge on any atom is 0.133 e. The number of benzene rings is 1. The summed E-state index contributed by atoms with van der Waals surface area (Å²) in [6, 6.07) is 4.83. The zero-order valence-electron chi connectivity index (χ0n) is 11.0. The van der Waals surface area contributed by atoms with Gasteiger partial charge < -0.3 is 14.8 Å². The molecule has 0 bridgehead atoms. The Balaban J connectivity index is 2.22. The first-order valence-electron chi connectivity index (χ1n) is 6.32. The number of rotatable bonds is 5. The van der Waals surface area contributed by atoms with Crippen molar-refractivity contribution < 1.29 is 9.47 Å². The van der Waals surface area contributed by atoms with Crippen LogP contribution in [0.25, 0.3) is 0 Å². The molecular weight excluding hydrogens is 294 g/mol. The maximum atomic E-state index is 5.34. The van der Waals surface area contributed by atoms with Crippen LogP contribution in [0.2, 0.25) is 0 Å². The molecule has 0 saturated carbocycles. The summed E-state index contributed by atoms with van der Waals surface area (Å²) in [6.45, 7) is 1.77. The zero-order chi connectivity index (χ0) is 13.0. The van der Waals surface area contributed by atoms with Gasteiger partial charge in [-0.05, 0) is 65.0 Å². The Morgan fingerprint density at radius 3 is 2.78 bits per heavy atom. The fraction of sp³-hybridized carbons (Fsp3) is 0.571. The Kier molecular flexibility index (Phi) is 5.03. The highest BCUT2D eigenvalue weighted by atomic mass is 79.9. The van der Waals surface area contributed by atoms with E-state index < -0.39 is 0 Å². The Hall–Kier alpha value is -0.580. The quantitative estimate of drug-likeness (QED) is 0.906. The number of ether oxygens (including phenoxy) is 2. The fourth-order valence-corrected chi connectivity index (χ4v) is 3.02. The van der Waals surface area contributed by atoms with E-state index in [1.807, 2.05) is 0 Å². The van der Waals surface area contributed by atoms with Gasteiger partial charge in [-0.1, -0.05) is 0 Å². The second-order valence-electron chi connectivity index (χ2n) is 4.69. The van der Waals surface area contributed by atoms with E-state index >= 15 is 0 Å². The van der Waals surface area contributed by atoms with Crippen molar-refractivity contribution in [2.24, 2.45) is 0 Å². The Bertz CT molecular complexity index is 403. The minimum Gasteiger partial charge on any atom is -0.496 e. The van der Waals surface area contributed by atoms with Crippen LogP contribution in [-0.4, -0.2) is 26.8 Å². The number of methoxy groups -OCH3 is 2. The van der Waals surface area contributed by atoms with Gasteiger partial charge in [0.25, 0.3) is 0 Å².